The molecular weight excluding hydrogens is 265 g/mol. The standard InChI is InChI=1S/C14H16FNO4/c1-8-6-9(14(19)20)4-5-16(8)13(18)11-7-10(15)2-3-12(11)17/h2-3,7-9,17H,4-6H2,1H3,(H,19,20). The van der Waals surface area contributed by atoms with E-state index in [1.165, 1.54) is 4.90 Å². The highest BCUT2D eigenvalue weighted by Gasteiger charge is 2.33. The van der Waals surface area contributed by atoms with E-state index in [0.717, 1.165) is 18.2 Å². The van der Waals surface area contributed by atoms with Crippen LogP contribution < -0.4 is 0 Å². The molecule has 5 nitrogen and oxygen atoms in total. The molecular formula is C14H16FNO4. The Kier molecular flexibility index (Phi) is 3.92. The molecule has 6 heteroatoms. The van der Waals surface area contributed by atoms with Gasteiger partial charge in [0.1, 0.15) is 11.6 Å². The Morgan fingerprint density at radius 2 is 2.10 bits per heavy atom. The average Bonchev–Trinajstić information content (AvgIpc) is 2.40. The number of rotatable bonds is 2. The minimum Gasteiger partial charge on any atom is -0.507 e. The maximum absolute atomic E-state index is 13.2. The molecule has 1 aromatic rings. The maximum Gasteiger partial charge on any atom is 0.306 e. The largest absolute Gasteiger partial charge is 0.507 e. The molecule has 0 spiro atoms. The van der Waals surface area contributed by atoms with Crippen LogP contribution in [0.25, 0.3) is 0 Å². The summed E-state index contributed by atoms with van der Waals surface area (Å²) in [6.07, 6.45) is 0.721. The Labute approximate surface area is 115 Å². The number of hydrogen-bond acceptors (Lipinski definition) is 3. The van der Waals surface area contributed by atoms with Gasteiger partial charge in [-0.1, -0.05) is 0 Å². The number of hydrogen-bond donors (Lipinski definition) is 2. The van der Waals surface area contributed by atoms with Gasteiger partial charge in [0.05, 0.1) is 11.5 Å². The number of carbonyl (C=O) groups is 2. The normalized spacial score (nSPS) is 22.6. The maximum atomic E-state index is 13.2. The summed E-state index contributed by atoms with van der Waals surface area (Å²) in [5.41, 5.74) is -0.0920. The molecule has 2 unspecified atom stereocenters. The van der Waals surface area contributed by atoms with Gasteiger partial charge in [-0.15, -0.1) is 0 Å². The molecule has 0 aliphatic carbocycles. The fraction of sp³-hybridized carbons (Fsp3) is 0.429. The van der Waals surface area contributed by atoms with E-state index in [1.54, 1.807) is 6.92 Å². The molecule has 0 aromatic heterocycles. The average molecular weight is 281 g/mol. The highest BCUT2D eigenvalue weighted by Crippen LogP contribution is 2.27. The number of benzene rings is 1. The number of halogens is 1. The Bertz CT molecular complexity index is 546. The lowest BCUT2D eigenvalue weighted by Gasteiger charge is -2.36. The van der Waals surface area contributed by atoms with E-state index in [9.17, 15) is 19.1 Å². The van der Waals surface area contributed by atoms with E-state index in [4.69, 9.17) is 5.11 Å². The Morgan fingerprint density at radius 1 is 1.40 bits per heavy atom. The summed E-state index contributed by atoms with van der Waals surface area (Å²) in [4.78, 5) is 24.7. The molecule has 1 aliphatic heterocycles. The van der Waals surface area contributed by atoms with Crippen molar-refractivity contribution in [1.82, 2.24) is 4.90 Å². The molecule has 1 fully saturated rings. The van der Waals surface area contributed by atoms with Gasteiger partial charge < -0.3 is 15.1 Å². The van der Waals surface area contributed by atoms with Gasteiger partial charge in [-0.3, -0.25) is 9.59 Å². The van der Waals surface area contributed by atoms with Crippen molar-refractivity contribution < 1.29 is 24.2 Å². The van der Waals surface area contributed by atoms with Crippen LogP contribution in [0.5, 0.6) is 5.75 Å². The number of piperidine rings is 1. The summed E-state index contributed by atoms with van der Waals surface area (Å²) in [5.74, 6) is -2.67. The third kappa shape index (κ3) is 2.74. The zero-order valence-corrected chi connectivity index (χ0v) is 11.0. The third-order valence-corrected chi connectivity index (χ3v) is 3.68. The summed E-state index contributed by atoms with van der Waals surface area (Å²) in [7, 11) is 0. The van der Waals surface area contributed by atoms with E-state index < -0.39 is 23.6 Å². The number of carboxylic acid groups (broad SMARTS) is 1. The fourth-order valence-corrected chi connectivity index (χ4v) is 2.53. The second-order valence-corrected chi connectivity index (χ2v) is 5.07. The minimum atomic E-state index is -0.863. The zero-order valence-electron chi connectivity index (χ0n) is 11.0. The summed E-state index contributed by atoms with van der Waals surface area (Å²) in [5, 5.41) is 18.6. The van der Waals surface area contributed by atoms with Crippen molar-refractivity contribution in [1.29, 1.82) is 0 Å². The lowest BCUT2D eigenvalue weighted by atomic mass is 9.91. The first-order valence-electron chi connectivity index (χ1n) is 6.42. The van der Waals surface area contributed by atoms with Crippen molar-refractivity contribution in [3.05, 3.63) is 29.6 Å². The fourth-order valence-electron chi connectivity index (χ4n) is 2.53. The van der Waals surface area contributed by atoms with Gasteiger partial charge in [0.25, 0.3) is 5.91 Å². The number of phenols is 1. The van der Waals surface area contributed by atoms with Crippen molar-refractivity contribution in [2.45, 2.75) is 25.8 Å². The molecule has 1 heterocycles. The molecule has 0 radical (unpaired) electrons. The van der Waals surface area contributed by atoms with Crippen LogP contribution in [0, 0.1) is 11.7 Å². The predicted molar refractivity (Wildman–Crippen MR) is 68.9 cm³/mol. The first-order chi connectivity index (χ1) is 9.40. The first kappa shape index (κ1) is 14.3. The molecule has 20 heavy (non-hydrogen) atoms. The van der Waals surface area contributed by atoms with E-state index in [2.05, 4.69) is 0 Å². The number of likely N-dealkylation sites (tertiary alicyclic amines) is 1. The van der Waals surface area contributed by atoms with E-state index in [1.807, 2.05) is 0 Å². The van der Waals surface area contributed by atoms with Crippen LogP contribution in [0.4, 0.5) is 4.39 Å². The number of carbonyl (C=O) groups excluding carboxylic acids is 1. The Balaban J connectivity index is 2.18. The van der Waals surface area contributed by atoms with E-state index in [0.29, 0.717) is 12.8 Å². The number of amides is 1. The first-order valence-corrected chi connectivity index (χ1v) is 6.42. The lowest BCUT2D eigenvalue weighted by Crippen LogP contribution is -2.46. The topological polar surface area (TPSA) is 77.8 Å². The number of nitrogens with zero attached hydrogens (tertiary/aromatic N) is 1. The molecule has 2 N–H and O–H groups in total. The Hall–Kier alpha value is -2.11. The monoisotopic (exact) mass is 281 g/mol. The smallest absolute Gasteiger partial charge is 0.306 e. The van der Waals surface area contributed by atoms with Crippen LogP contribution >= 0.6 is 0 Å². The van der Waals surface area contributed by atoms with Crippen LogP contribution in [0.15, 0.2) is 18.2 Å². The van der Waals surface area contributed by atoms with E-state index in [-0.39, 0.29) is 23.9 Å². The summed E-state index contributed by atoms with van der Waals surface area (Å²) < 4.78 is 13.2. The highest BCUT2D eigenvalue weighted by atomic mass is 19.1. The van der Waals surface area contributed by atoms with Gasteiger partial charge >= 0.3 is 5.97 Å². The molecule has 1 saturated heterocycles. The van der Waals surface area contributed by atoms with Crippen LogP contribution in [0.3, 0.4) is 0 Å². The molecule has 0 saturated carbocycles. The highest BCUT2D eigenvalue weighted by molar-refractivity contribution is 5.97. The van der Waals surface area contributed by atoms with Crippen LogP contribution in [-0.2, 0) is 4.79 Å². The molecule has 2 rings (SSSR count). The van der Waals surface area contributed by atoms with Crippen molar-refractivity contribution in [3.8, 4) is 5.75 Å². The zero-order chi connectivity index (χ0) is 14.9. The summed E-state index contributed by atoms with van der Waals surface area (Å²) in [6.45, 7) is 2.04. The number of aliphatic carboxylic acids is 1. The molecule has 2 atom stereocenters. The summed E-state index contributed by atoms with van der Waals surface area (Å²) >= 11 is 0. The van der Waals surface area contributed by atoms with Crippen molar-refractivity contribution in [2.24, 2.45) is 5.92 Å². The Morgan fingerprint density at radius 3 is 2.70 bits per heavy atom. The van der Waals surface area contributed by atoms with Crippen molar-refractivity contribution in [3.63, 3.8) is 0 Å². The molecule has 108 valence electrons. The van der Waals surface area contributed by atoms with Gasteiger partial charge in [0.15, 0.2) is 0 Å². The molecule has 1 aliphatic rings. The molecule has 0 bridgehead atoms. The van der Waals surface area contributed by atoms with Gasteiger partial charge in [-0.05, 0) is 38.0 Å². The van der Waals surface area contributed by atoms with Crippen LogP contribution in [-0.4, -0.2) is 39.6 Å². The molecule has 1 aromatic carbocycles. The number of carboxylic acids is 1. The van der Waals surface area contributed by atoms with Gasteiger partial charge in [0.2, 0.25) is 0 Å². The summed E-state index contributed by atoms with van der Waals surface area (Å²) in [6, 6.07) is 2.94. The van der Waals surface area contributed by atoms with Gasteiger partial charge in [-0.25, -0.2) is 4.39 Å². The number of aromatic hydroxyl groups is 1. The van der Waals surface area contributed by atoms with Gasteiger partial charge in [-0.2, -0.15) is 0 Å². The van der Waals surface area contributed by atoms with Crippen LogP contribution in [0.1, 0.15) is 30.1 Å². The van der Waals surface area contributed by atoms with Crippen molar-refractivity contribution >= 4 is 11.9 Å². The second kappa shape index (κ2) is 5.48. The van der Waals surface area contributed by atoms with Gasteiger partial charge in [0, 0.05) is 12.6 Å². The number of phenolic OH excluding ortho intramolecular Hbond substituents is 1. The minimum absolute atomic E-state index is 0.0920. The molecule has 1 amide bonds. The van der Waals surface area contributed by atoms with Crippen LogP contribution in [0.2, 0.25) is 0 Å². The third-order valence-electron chi connectivity index (χ3n) is 3.68. The predicted octanol–water partition coefficient (Wildman–Crippen LogP) is 1.86. The lowest BCUT2D eigenvalue weighted by molar-refractivity contribution is -0.143. The van der Waals surface area contributed by atoms with E-state index >= 15 is 0 Å². The van der Waals surface area contributed by atoms with Crippen molar-refractivity contribution in [2.75, 3.05) is 6.54 Å². The SMILES string of the molecule is CC1CC(C(=O)O)CCN1C(=O)c1cc(F)ccc1O. The quantitative estimate of drug-likeness (QED) is 0.867. The second-order valence-electron chi connectivity index (χ2n) is 5.07.